The van der Waals surface area contributed by atoms with Crippen LogP contribution in [0.4, 0.5) is 4.39 Å². The van der Waals surface area contributed by atoms with Crippen LogP contribution in [0.2, 0.25) is 0 Å². The summed E-state index contributed by atoms with van der Waals surface area (Å²) in [4.78, 5) is 14.7. The molecule has 0 spiro atoms. The number of aryl methyl sites for hydroxylation is 2. The Labute approximate surface area is 165 Å². The van der Waals surface area contributed by atoms with E-state index in [2.05, 4.69) is 21.4 Å². The number of fused-ring (bicyclic) bond motifs is 1. The van der Waals surface area contributed by atoms with E-state index in [-0.39, 0.29) is 17.8 Å². The van der Waals surface area contributed by atoms with Crippen molar-refractivity contribution in [3.63, 3.8) is 0 Å². The highest BCUT2D eigenvalue weighted by molar-refractivity contribution is 5.80. The number of carbonyl (C=O) groups excluding carboxylic acids is 1. The van der Waals surface area contributed by atoms with Gasteiger partial charge in [0.2, 0.25) is 5.91 Å². The second kappa shape index (κ2) is 8.97. The first-order valence-electron chi connectivity index (χ1n) is 9.54. The molecule has 0 aliphatic rings. The van der Waals surface area contributed by atoms with Crippen LogP contribution in [-0.2, 0) is 11.3 Å². The highest BCUT2D eigenvalue weighted by atomic mass is 19.1. The van der Waals surface area contributed by atoms with E-state index in [1.807, 2.05) is 44.0 Å². The minimum Gasteiger partial charge on any atom is -0.349 e. The van der Waals surface area contributed by atoms with Gasteiger partial charge in [0.1, 0.15) is 5.82 Å². The summed E-state index contributed by atoms with van der Waals surface area (Å²) >= 11 is 0. The Bertz CT molecular complexity index is 933. The molecule has 0 aliphatic heterocycles. The number of amides is 1. The molecule has 5 nitrogen and oxygen atoms in total. The lowest BCUT2D eigenvalue weighted by molar-refractivity contribution is -0.122. The predicted octanol–water partition coefficient (Wildman–Crippen LogP) is 3.68. The van der Waals surface area contributed by atoms with Crippen LogP contribution in [0.25, 0.3) is 10.9 Å². The van der Waals surface area contributed by atoms with Crippen molar-refractivity contribution in [3.05, 3.63) is 65.6 Å². The van der Waals surface area contributed by atoms with E-state index in [1.165, 1.54) is 17.7 Å². The van der Waals surface area contributed by atoms with E-state index < -0.39 is 0 Å². The standard InChI is InChI=1S/C22H27FN4O/c1-16-4-9-21-18(14-16)15-24-27(21)13-11-22(28)25-20(10-12-26(2)3)17-5-7-19(23)8-6-17/h4-9,14-15,20H,10-13H2,1-3H3,(H,25,28). The number of benzene rings is 2. The van der Waals surface area contributed by atoms with Gasteiger partial charge in [-0.1, -0.05) is 23.8 Å². The summed E-state index contributed by atoms with van der Waals surface area (Å²) in [7, 11) is 3.99. The lowest BCUT2D eigenvalue weighted by Gasteiger charge is -2.21. The Hall–Kier alpha value is -2.73. The molecule has 28 heavy (non-hydrogen) atoms. The summed E-state index contributed by atoms with van der Waals surface area (Å²) in [5.74, 6) is -0.314. The van der Waals surface area contributed by atoms with E-state index in [0.717, 1.165) is 29.4 Å². The number of hydrogen-bond donors (Lipinski definition) is 1. The number of hydrogen-bond acceptors (Lipinski definition) is 3. The first-order valence-corrected chi connectivity index (χ1v) is 9.54. The van der Waals surface area contributed by atoms with Gasteiger partial charge in [0.15, 0.2) is 0 Å². The molecule has 2 aromatic carbocycles. The molecular formula is C22H27FN4O. The zero-order valence-corrected chi connectivity index (χ0v) is 16.7. The molecular weight excluding hydrogens is 355 g/mol. The third kappa shape index (κ3) is 5.16. The molecule has 1 aromatic heterocycles. The highest BCUT2D eigenvalue weighted by Gasteiger charge is 2.15. The van der Waals surface area contributed by atoms with Gasteiger partial charge in [-0.3, -0.25) is 9.48 Å². The zero-order chi connectivity index (χ0) is 20.1. The lowest BCUT2D eigenvalue weighted by atomic mass is 10.0. The summed E-state index contributed by atoms with van der Waals surface area (Å²) in [5.41, 5.74) is 3.13. The van der Waals surface area contributed by atoms with Gasteiger partial charge in [-0.05, 0) is 63.8 Å². The van der Waals surface area contributed by atoms with Crippen LogP contribution in [0, 0.1) is 12.7 Å². The summed E-state index contributed by atoms with van der Waals surface area (Å²) in [6, 6.07) is 12.4. The topological polar surface area (TPSA) is 50.2 Å². The van der Waals surface area contributed by atoms with Crippen LogP contribution < -0.4 is 5.32 Å². The van der Waals surface area contributed by atoms with Crippen LogP contribution in [0.5, 0.6) is 0 Å². The van der Waals surface area contributed by atoms with Crippen LogP contribution in [-0.4, -0.2) is 41.2 Å². The maximum absolute atomic E-state index is 13.3. The van der Waals surface area contributed by atoms with E-state index in [1.54, 1.807) is 12.1 Å². The van der Waals surface area contributed by atoms with E-state index in [9.17, 15) is 9.18 Å². The fourth-order valence-corrected chi connectivity index (χ4v) is 3.26. The van der Waals surface area contributed by atoms with Crippen molar-refractivity contribution >= 4 is 16.8 Å². The molecule has 0 bridgehead atoms. The molecule has 6 heteroatoms. The van der Waals surface area contributed by atoms with Gasteiger partial charge in [-0.2, -0.15) is 5.10 Å². The maximum atomic E-state index is 13.3. The molecule has 0 saturated heterocycles. The smallest absolute Gasteiger partial charge is 0.222 e. The quantitative estimate of drug-likeness (QED) is 0.647. The van der Waals surface area contributed by atoms with Gasteiger partial charge in [-0.15, -0.1) is 0 Å². The molecule has 1 unspecified atom stereocenters. The maximum Gasteiger partial charge on any atom is 0.222 e. The molecule has 1 atom stereocenters. The molecule has 148 valence electrons. The number of aromatic nitrogens is 2. The summed E-state index contributed by atoms with van der Waals surface area (Å²) in [6.07, 6.45) is 2.93. The van der Waals surface area contributed by atoms with E-state index >= 15 is 0 Å². The van der Waals surface area contributed by atoms with Crippen molar-refractivity contribution < 1.29 is 9.18 Å². The molecule has 0 saturated carbocycles. The van der Waals surface area contributed by atoms with Crippen LogP contribution >= 0.6 is 0 Å². The second-order valence-corrected chi connectivity index (χ2v) is 7.44. The number of rotatable bonds is 8. The van der Waals surface area contributed by atoms with Crippen molar-refractivity contribution in [2.24, 2.45) is 0 Å². The van der Waals surface area contributed by atoms with Crippen LogP contribution in [0.1, 0.15) is 30.0 Å². The summed E-state index contributed by atoms with van der Waals surface area (Å²) in [6.45, 7) is 3.39. The third-order valence-corrected chi connectivity index (χ3v) is 4.82. The average Bonchev–Trinajstić information content (AvgIpc) is 3.06. The van der Waals surface area contributed by atoms with Gasteiger partial charge in [0, 0.05) is 11.8 Å². The molecule has 0 radical (unpaired) electrons. The van der Waals surface area contributed by atoms with E-state index in [4.69, 9.17) is 0 Å². The highest BCUT2D eigenvalue weighted by Crippen LogP contribution is 2.19. The van der Waals surface area contributed by atoms with Crippen LogP contribution in [0.15, 0.2) is 48.7 Å². The minimum absolute atomic E-state index is 0.0381. The van der Waals surface area contributed by atoms with Gasteiger partial charge < -0.3 is 10.2 Å². The number of carbonyl (C=O) groups is 1. The van der Waals surface area contributed by atoms with Gasteiger partial charge in [0.25, 0.3) is 0 Å². The monoisotopic (exact) mass is 382 g/mol. The molecule has 1 amide bonds. The molecule has 3 rings (SSSR count). The first-order chi connectivity index (χ1) is 13.4. The predicted molar refractivity (Wildman–Crippen MR) is 110 cm³/mol. The number of nitrogens with zero attached hydrogens (tertiary/aromatic N) is 3. The van der Waals surface area contributed by atoms with Crippen molar-refractivity contribution in [3.8, 4) is 0 Å². The van der Waals surface area contributed by atoms with Gasteiger partial charge in [0.05, 0.1) is 24.3 Å². The van der Waals surface area contributed by atoms with E-state index in [0.29, 0.717) is 13.0 Å². The SMILES string of the molecule is Cc1ccc2c(cnn2CCC(=O)NC(CCN(C)C)c2ccc(F)cc2)c1. The normalized spacial score (nSPS) is 12.5. The Morgan fingerprint density at radius 3 is 2.68 bits per heavy atom. The van der Waals surface area contributed by atoms with Crippen molar-refractivity contribution in [1.29, 1.82) is 0 Å². The van der Waals surface area contributed by atoms with Crippen molar-refractivity contribution in [2.75, 3.05) is 20.6 Å². The average molecular weight is 382 g/mol. The molecule has 3 aromatic rings. The third-order valence-electron chi connectivity index (χ3n) is 4.82. The minimum atomic E-state index is -0.276. The Morgan fingerprint density at radius 1 is 1.21 bits per heavy atom. The summed E-state index contributed by atoms with van der Waals surface area (Å²) < 4.78 is 15.1. The fraction of sp³-hybridized carbons (Fsp3) is 0.364. The Kier molecular flexibility index (Phi) is 6.41. The first kappa shape index (κ1) is 20.0. The number of nitrogens with one attached hydrogen (secondary N) is 1. The molecule has 0 fully saturated rings. The van der Waals surface area contributed by atoms with Gasteiger partial charge in [-0.25, -0.2) is 4.39 Å². The molecule has 0 aliphatic carbocycles. The Balaban J connectivity index is 1.64. The van der Waals surface area contributed by atoms with Crippen molar-refractivity contribution in [1.82, 2.24) is 20.0 Å². The molecule has 1 heterocycles. The van der Waals surface area contributed by atoms with Gasteiger partial charge >= 0.3 is 0 Å². The van der Waals surface area contributed by atoms with Crippen molar-refractivity contribution in [2.45, 2.75) is 32.4 Å². The Morgan fingerprint density at radius 2 is 1.96 bits per heavy atom. The summed E-state index contributed by atoms with van der Waals surface area (Å²) in [5, 5.41) is 8.58. The number of halogens is 1. The lowest BCUT2D eigenvalue weighted by Crippen LogP contribution is -2.31. The largest absolute Gasteiger partial charge is 0.349 e. The second-order valence-electron chi connectivity index (χ2n) is 7.44. The molecule has 1 N–H and O–H groups in total. The zero-order valence-electron chi connectivity index (χ0n) is 16.7. The fourth-order valence-electron chi connectivity index (χ4n) is 3.26. The van der Waals surface area contributed by atoms with Crippen LogP contribution in [0.3, 0.4) is 0 Å².